The highest BCUT2D eigenvalue weighted by atomic mass is 19.1. The van der Waals surface area contributed by atoms with Gasteiger partial charge in [0.15, 0.2) is 0 Å². The van der Waals surface area contributed by atoms with Gasteiger partial charge in [0, 0.05) is 80.1 Å². The van der Waals surface area contributed by atoms with Crippen LogP contribution in [-0.2, 0) is 26.6 Å². The Hall–Kier alpha value is -2.31. The fraction of sp³-hybridized carbons (Fsp3) is 0.478. The molecule has 3 aromatic rings. The lowest BCUT2D eigenvalue weighted by Gasteiger charge is -2.32. The molecule has 0 radical (unpaired) electrons. The normalized spacial score (nSPS) is 20.9. The summed E-state index contributed by atoms with van der Waals surface area (Å²) in [6, 6.07) is 5.06. The van der Waals surface area contributed by atoms with Crippen molar-refractivity contribution in [3.8, 4) is 0 Å². The predicted octanol–water partition coefficient (Wildman–Crippen LogP) is 3.47. The molecule has 4 heterocycles. The quantitative estimate of drug-likeness (QED) is 0.683. The van der Waals surface area contributed by atoms with Crippen molar-refractivity contribution in [1.29, 1.82) is 0 Å². The minimum absolute atomic E-state index is 0.172. The number of aryl methyl sites for hydroxylation is 1. The summed E-state index contributed by atoms with van der Waals surface area (Å²) in [4.78, 5) is 14.5. The maximum absolute atomic E-state index is 13.8. The van der Waals surface area contributed by atoms with E-state index in [2.05, 4.69) is 27.6 Å². The fourth-order valence-corrected chi connectivity index (χ4v) is 4.89. The van der Waals surface area contributed by atoms with E-state index in [0.29, 0.717) is 5.92 Å². The number of aromatic nitrogens is 3. The Morgan fingerprint density at radius 2 is 2.10 bits per heavy atom. The third-order valence-electron chi connectivity index (χ3n) is 6.44. The summed E-state index contributed by atoms with van der Waals surface area (Å²) >= 11 is 0. The van der Waals surface area contributed by atoms with E-state index in [1.807, 2.05) is 19.3 Å². The van der Waals surface area contributed by atoms with Crippen LogP contribution in [0.3, 0.4) is 0 Å². The average Bonchev–Trinajstić information content (AvgIpc) is 3.02. The molecule has 2 aliphatic heterocycles. The van der Waals surface area contributed by atoms with Gasteiger partial charge in [0.2, 0.25) is 0 Å². The molecule has 1 atom stereocenters. The zero-order chi connectivity index (χ0) is 20.0. The van der Waals surface area contributed by atoms with E-state index in [-0.39, 0.29) is 5.82 Å². The van der Waals surface area contributed by atoms with Crippen LogP contribution in [0.5, 0.6) is 0 Å². The first kappa shape index (κ1) is 18.7. The second-order valence-electron chi connectivity index (χ2n) is 8.69. The van der Waals surface area contributed by atoms with E-state index in [1.54, 1.807) is 6.07 Å². The van der Waals surface area contributed by atoms with E-state index < -0.39 is 0 Å². The van der Waals surface area contributed by atoms with Crippen LogP contribution in [-0.4, -0.2) is 51.0 Å². The van der Waals surface area contributed by atoms with E-state index >= 15 is 0 Å². The Bertz CT molecular complexity index is 1040. The van der Waals surface area contributed by atoms with Gasteiger partial charge in [0.05, 0.1) is 0 Å². The zero-order valence-corrected chi connectivity index (χ0v) is 17.2. The van der Waals surface area contributed by atoms with Crippen molar-refractivity contribution in [2.24, 2.45) is 7.05 Å². The highest BCUT2D eigenvalue weighted by Gasteiger charge is 2.26. The number of fused-ring (bicyclic) bond motifs is 2. The van der Waals surface area contributed by atoms with Gasteiger partial charge in [0.1, 0.15) is 11.6 Å². The minimum Gasteiger partial charge on any atom is -0.350 e. The Labute approximate surface area is 171 Å². The van der Waals surface area contributed by atoms with E-state index in [4.69, 9.17) is 9.97 Å². The third kappa shape index (κ3) is 3.67. The molecular formula is C23H28FN5. The molecule has 29 heavy (non-hydrogen) atoms. The van der Waals surface area contributed by atoms with Crippen LogP contribution < -0.4 is 0 Å². The van der Waals surface area contributed by atoms with Gasteiger partial charge in [-0.25, -0.2) is 14.4 Å². The van der Waals surface area contributed by atoms with Crippen molar-refractivity contribution in [2.45, 2.75) is 38.3 Å². The number of hydrogen-bond donors (Lipinski definition) is 0. The van der Waals surface area contributed by atoms with Crippen LogP contribution in [0.1, 0.15) is 41.4 Å². The minimum atomic E-state index is -0.172. The van der Waals surface area contributed by atoms with Crippen molar-refractivity contribution in [3.05, 3.63) is 59.1 Å². The number of likely N-dealkylation sites (N-methyl/N-ethyl adjacent to an activating group) is 1. The molecule has 5 rings (SSSR count). The van der Waals surface area contributed by atoms with Gasteiger partial charge in [-0.15, -0.1) is 0 Å². The molecule has 0 spiro atoms. The number of hydrogen-bond acceptors (Lipinski definition) is 4. The van der Waals surface area contributed by atoms with Crippen LogP contribution in [0, 0.1) is 5.82 Å². The second-order valence-corrected chi connectivity index (χ2v) is 8.69. The number of benzene rings is 1. The van der Waals surface area contributed by atoms with Gasteiger partial charge in [-0.05, 0) is 50.2 Å². The van der Waals surface area contributed by atoms with Crippen molar-refractivity contribution in [1.82, 2.24) is 24.3 Å². The van der Waals surface area contributed by atoms with Gasteiger partial charge >= 0.3 is 0 Å². The molecule has 0 aliphatic carbocycles. The van der Waals surface area contributed by atoms with Gasteiger partial charge < -0.3 is 9.47 Å². The summed E-state index contributed by atoms with van der Waals surface area (Å²) in [6.45, 7) is 4.89. The first-order chi connectivity index (χ1) is 14.1. The fourth-order valence-electron chi connectivity index (χ4n) is 4.89. The molecule has 1 aromatic carbocycles. The maximum Gasteiger partial charge on any atom is 0.132 e. The van der Waals surface area contributed by atoms with Crippen LogP contribution in [0.15, 0.2) is 30.6 Å². The molecule has 5 nitrogen and oxygen atoms in total. The van der Waals surface area contributed by atoms with E-state index in [9.17, 15) is 4.39 Å². The number of halogens is 1. The maximum atomic E-state index is 13.8. The molecule has 0 bridgehead atoms. The third-order valence-corrected chi connectivity index (χ3v) is 6.44. The molecule has 0 amide bonds. The Morgan fingerprint density at radius 1 is 1.21 bits per heavy atom. The number of likely N-dealkylation sites (tertiary alicyclic amines) is 1. The monoisotopic (exact) mass is 393 g/mol. The lowest BCUT2D eigenvalue weighted by Crippen LogP contribution is -2.35. The van der Waals surface area contributed by atoms with Gasteiger partial charge in [-0.1, -0.05) is 0 Å². The van der Waals surface area contributed by atoms with Crippen molar-refractivity contribution in [2.75, 3.05) is 26.7 Å². The average molecular weight is 394 g/mol. The van der Waals surface area contributed by atoms with Gasteiger partial charge in [-0.2, -0.15) is 0 Å². The van der Waals surface area contributed by atoms with E-state index in [0.717, 1.165) is 68.7 Å². The smallest absolute Gasteiger partial charge is 0.132 e. The van der Waals surface area contributed by atoms with E-state index in [1.165, 1.54) is 22.9 Å². The van der Waals surface area contributed by atoms with Crippen molar-refractivity contribution >= 4 is 10.9 Å². The SMILES string of the molecule is CN1CCc2nc([C@H]3CCCN(Cc4cn(C)c5ccc(F)cc45)C3)ncc2C1. The molecule has 0 unspecified atom stereocenters. The summed E-state index contributed by atoms with van der Waals surface area (Å²) in [5, 5.41) is 1.02. The van der Waals surface area contributed by atoms with Crippen molar-refractivity contribution < 1.29 is 4.39 Å². The standard InChI is InChI=1S/C23H28FN5/c1-27-9-7-21-17(12-27)11-25-23(26-21)16-4-3-8-29(14-16)15-18-13-28(2)22-6-5-19(24)10-20(18)22/h5-6,10-11,13,16H,3-4,7-9,12,14-15H2,1-2H3/t16-/m0/s1. The van der Waals surface area contributed by atoms with Gasteiger partial charge in [-0.3, -0.25) is 4.90 Å². The number of rotatable bonds is 3. The molecule has 152 valence electrons. The Kier molecular flexibility index (Phi) is 4.84. The van der Waals surface area contributed by atoms with Gasteiger partial charge in [0.25, 0.3) is 0 Å². The first-order valence-corrected chi connectivity index (χ1v) is 10.6. The van der Waals surface area contributed by atoms with Crippen LogP contribution in [0.25, 0.3) is 10.9 Å². The molecule has 1 saturated heterocycles. The lowest BCUT2D eigenvalue weighted by molar-refractivity contribution is 0.196. The topological polar surface area (TPSA) is 37.2 Å². The molecule has 0 saturated carbocycles. The first-order valence-electron chi connectivity index (χ1n) is 10.6. The highest BCUT2D eigenvalue weighted by molar-refractivity contribution is 5.84. The summed E-state index contributed by atoms with van der Waals surface area (Å²) < 4.78 is 15.9. The van der Waals surface area contributed by atoms with Crippen molar-refractivity contribution in [3.63, 3.8) is 0 Å². The Balaban J connectivity index is 1.35. The molecule has 1 fully saturated rings. The highest BCUT2D eigenvalue weighted by Crippen LogP contribution is 2.29. The lowest BCUT2D eigenvalue weighted by atomic mass is 9.96. The molecule has 0 N–H and O–H groups in total. The molecule has 6 heteroatoms. The summed E-state index contributed by atoms with van der Waals surface area (Å²) in [5.74, 6) is 1.21. The second kappa shape index (κ2) is 7.50. The molecular weight excluding hydrogens is 365 g/mol. The summed E-state index contributed by atoms with van der Waals surface area (Å²) in [5.41, 5.74) is 4.78. The summed E-state index contributed by atoms with van der Waals surface area (Å²) in [6.07, 6.45) is 7.48. The summed E-state index contributed by atoms with van der Waals surface area (Å²) in [7, 11) is 4.18. The van der Waals surface area contributed by atoms with Crippen LogP contribution in [0.2, 0.25) is 0 Å². The van der Waals surface area contributed by atoms with Crippen LogP contribution >= 0.6 is 0 Å². The predicted molar refractivity (Wildman–Crippen MR) is 112 cm³/mol. The molecule has 2 aliphatic rings. The largest absolute Gasteiger partial charge is 0.350 e. The number of nitrogens with zero attached hydrogens (tertiary/aromatic N) is 5. The van der Waals surface area contributed by atoms with Crippen LogP contribution in [0.4, 0.5) is 4.39 Å². The zero-order valence-electron chi connectivity index (χ0n) is 17.2. The number of piperidine rings is 1. The Morgan fingerprint density at radius 3 is 3.00 bits per heavy atom. The molecule has 2 aromatic heterocycles.